The lowest BCUT2D eigenvalue weighted by molar-refractivity contribution is -0.00357. The predicted octanol–water partition coefficient (Wildman–Crippen LogP) is 2.96. The van der Waals surface area contributed by atoms with E-state index in [9.17, 15) is 9.59 Å². The zero-order chi connectivity index (χ0) is 18.0. The number of rotatable bonds is 3. The highest BCUT2D eigenvalue weighted by molar-refractivity contribution is 6.00. The minimum atomic E-state index is -0.487. The van der Waals surface area contributed by atoms with E-state index in [-0.39, 0.29) is 11.8 Å². The van der Waals surface area contributed by atoms with Gasteiger partial charge in [-0.3, -0.25) is 4.79 Å². The molecule has 2 aliphatic heterocycles. The number of fused-ring (bicyclic) bond motifs is 1. The number of benzene rings is 1. The van der Waals surface area contributed by atoms with Crippen molar-refractivity contribution >= 4 is 11.8 Å². The molecule has 2 amide bonds. The Hall–Kier alpha value is -2.24. The summed E-state index contributed by atoms with van der Waals surface area (Å²) >= 11 is 0. The number of ether oxygens (including phenoxy) is 2. The Kier molecular flexibility index (Phi) is 4.88. The number of urea groups is 1. The first-order chi connectivity index (χ1) is 12.0. The SMILES string of the molecule is CCN(CC)C(=O)N1CCC2(CC1)CC(=O)c1cc(OC)ccc1O2. The van der Waals surface area contributed by atoms with E-state index in [0.29, 0.717) is 62.5 Å². The van der Waals surface area contributed by atoms with E-state index in [1.54, 1.807) is 19.2 Å². The number of piperidine rings is 1. The van der Waals surface area contributed by atoms with E-state index in [4.69, 9.17) is 9.47 Å². The van der Waals surface area contributed by atoms with Crippen LogP contribution in [-0.2, 0) is 0 Å². The lowest BCUT2D eigenvalue weighted by Crippen LogP contribution is -2.54. The average Bonchev–Trinajstić information content (AvgIpc) is 2.63. The van der Waals surface area contributed by atoms with Crippen LogP contribution in [0.2, 0.25) is 0 Å². The van der Waals surface area contributed by atoms with Crippen molar-refractivity contribution in [2.75, 3.05) is 33.3 Å². The molecule has 0 radical (unpaired) electrons. The van der Waals surface area contributed by atoms with E-state index in [1.165, 1.54) is 0 Å². The zero-order valence-electron chi connectivity index (χ0n) is 15.2. The molecule has 0 saturated carbocycles. The molecule has 0 N–H and O–H groups in total. The van der Waals surface area contributed by atoms with E-state index in [2.05, 4.69) is 0 Å². The summed E-state index contributed by atoms with van der Waals surface area (Å²) in [6.07, 6.45) is 1.72. The van der Waals surface area contributed by atoms with E-state index in [0.717, 1.165) is 0 Å². The van der Waals surface area contributed by atoms with Crippen LogP contribution >= 0.6 is 0 Å². The number of hydrogen-bond acceptors (Lipinski definition) is 4. The van der Waals surface area contributed by atoms with Crippen LogP contribution < -0.4 is 9.47 Å². The predicted molar refractivity (Wildman–Crippen MR) is 94.4 cm³/mol. The average molecular weight is 346 g/mol. The molecule has 25 heavy (non-hydrogen) atoms. The molecule has 6 heteroatoms. The molecule has 0 bridgehead atoms. The van der Waals surface area contributed by atoms with Crippen molar-refractivity contribution in [1.29, 1.82) is 0 Å². The van der Waals surface area contributed by atoms with Crippen LogP contribution in [0.3, 0.4) is 0 Å². The third-order valence-electron chi connectivity index (χ3n) is 5.28. The number of carbonyl (C=O) groups excluding carboxylic acids is 2. The second-order valence-corrected chi connectivity index (χ2v) is 6.69. The lowest BCUT2D eigenvalue weighted by atomic mass is 9.82. The van der Waals surface area contributed by atoms with Gasteiger partial charge in [-0.25, -0.2) is 4.79 Å². The van der Waals surface area contributed by atoms with Gasteiger partial charge in [0.05, 0.1) is 19.1 Å². The standard InChI is InChI=1S/C19H26N2O4/c1-4-20(5-2)18(23)21-10-8-19(9-11-21)13-16(22)15-12-14(24-3)6-7-17(15)25-19/h6-7,12H,4-5,8-11,13H2,1-3H3. The molecule has 1 fully saturated rings. The Morgan fingerprint density at radius 3 is 2.56 bits per heavy atom. The number of carbonyl (C=O) groups is 2. The molecule has 0 aromatic heterocycles. The molecule has 2 aliphatic rings. The minimum absolute atomic E-state index is 0.0760. The summed E-state index contributed by atoms with van der Waals surface area (Å²) in [4.78, 5) is 28.8. The van der Waals surface area contributed by atoms with E-state index >= 15 is 0 Å². The van der Waals surface area contributed by atoms with Gasteiger partial charge in [-0.05, 0) is 32.0 Å². The molecule has 0 unspecified atom stereocenters. The quantitative estimate of drug-likeness (QED) is 0.844. The monoisotopic (exact) mass is 346 g/mol. The molecular weight excluding hydrogens is 320 g/mol. The molecule has 1 aromatic rings. The summed E-state index contributed by atoms with van der Waals surface area (Å²) in [6.45, 7) is 6.63. The second kappa shape index (κ2) is 6.94. The van der Waals surface area contributed by atoms with Gasteiger partial charge >= 0.3 is 6.03 Å². The fraction of sp³-hybridized carbons (Fsp3) is 0.579. The number of likely N-dealkylation sites (tertiary alicyclic amines) is 1. The number of amides is 2. The van der Waals surface area contributed by atoms with E-state index in [1.807, 2.05) is 29.7 Å². The summed E-state index contributed by atoms with van der Waals surface area (Å²) in [6, 6.07) is 5.43. The zero-order valence-corrected chi connectivity index (χ0v) is 15.2. The number of Topliss-reactive ketones (excluding diaryl/α,β-unsaturated/α-hetero) is 1. The Bertz CT molecular complexity index is 661. The van der Waals surface area contributed by atoms with Gasteiger partial charge in [0, 0.05) is 39.0 Å². The van der Waals surface area contributed by atoms with Crippen molar-refractivity contribution in [2.45, 2.75) is 38.7 Å². The summed E-state index contributed by atoms with van der Waals surface area (Å²) in [7, 11) is 1.58. The van der Waals surface area contributed by atoms with Crippen LogP contribution in [0.5, 0.6) is 11.5 Å². The number of methoxy groups -OCH3 is 1. The van der Waals surface area contributed by atoms with Gasteiger partial charge in [0.25, 0.3) is 0 Å². The van der Waals surface area contributed by atoms with Gasteiger partial charge in [0.2, 0.25) is 0 Å². The Balaban J connectivity index is 1.71. The lowest BCUT2D eigenvalue weighted by Gasteiger charge is -2.44. The maximum absolute atomic E-state index is 12.6. The molecule has 136 valence electrons. The van der Waals surface area contributed by atoms with Gasteiger partial charge in [-0.2, -0.15) is 0 Å². The van der Waals surface area contributed by atoms with Crippen molar-refractivity contribution in [3.63, 3.8) is 0 Å². The first-order valence-corrected chi connectivity index (χ1v) is 8.96. The van der Waals surface area contributed by atoms with Crippen molar-refractivity contribution in [2.24, 2.45) is 0 Å². The first kappa shape index (κ1) is 17.6. The van der Waals surface area contributed by atoms with Gasteiger partial charge in [-0.1, -0.05) is 0 Å². The van der Waals surface area contributed by atoms with Gasteiger partial charge in [0.15, 0.2) is 5.78 Å². The van der Waals surface area contributed by atoms with E-state index < -0.39 is 5.60 Å². The van der Waals surface area contributed by atoms with Gasteiger partial charge in [0.1, 0.15) is 17.1 Å². The molecule has 0 aliphatic carbocycles. The third-order valence-corrected chi connectivity index (χ3v) is 5.28. The molecule has 1 aromatic carbocycles. The summed E-state index contributed by atoms with van der Waals surface area (Å²) in [5.74, 6) is 1.37. The maximum Gasteiger partial charge on any atom is 0.319 e. The highest BCUT2D eigenvalue weighted by atomic mass is 16.5. The summed E-state index contributed by atoms with van der Waals surface area (Å²) in [5, 5.41) is 0. The fourth-order valence-corrected chi connectivity index (χ4v) is 3.68. The molecular formula is C19H26N2O4. The van der Waals surface area contributed by atoms with Crippen LogP contribution in [-0.4, -0.2) is 60.5 Å². The van der Waals surface area contributed by atoms with Gasteiger partial charge < -0.3 is 19.3 Å². The topological polar surface area (TPSA) is 59.1 Å². The number of hydrogen-bond donors (Lipinski definition) is 0. The molecule has 2 heterocycles. The molecule has 6 nitrogen and oxygen atoms in total. The minimum Gasteiger partial charge on any atom is -0.497 e. The maximum atomic E-state index is 12.6. The highest BCUT2D eigenvalue weighted by Gasteiger charge is 2.44. The normalized spacial score (nSPS) is 18.5. The number of nitrogens with zero attached hydrogens (tertiary/aromatic N) is 2. The fourth-order valence-electron chi connectivity index (χ4n) is 3.68. The summed E-state index contributed by atoms with van der Waals surface area (Å²) in [5.41, 5.74) is 0.102. The Labute approximate surface area is 148 Å². The molecule has 3 rings (SSSR count). The summed E-state index contributed by atoms with van der Waals surface area (Å²) < 4.78 is 11.4. The molecule has 1 saturated heterocycles. The number of ketones is 1. The Morgan fingerprint density at radius 2 is 1.96 bits per heavy atom. The molecule has 0 atom stereocenters. The largest absolute Gasteiger partial charge is 0.497 e. The van der Waals surface area contributed by atoms with Crippen LogP contribution in [0, 0.1) is 0 Å². The van der Waals surface area contributed by atoms with Crippen LogP contribution in [0.25, 0.3) is 0 Å². The van der Waals surface area contributed by atoms with Gasteiger partial charge in [-0.15, -0.1) is 0 Å². The van der Waals surface area contributed by atoms with Crippen molar-refractivity contribution in [1.82, 2.24) is 9.80 Å². The Morgan fingerprint density at radius 1 is 1.28 bits per heavy atom. The van der Waals surface area contributed by atoms with Crippen LogP contribution in [0.4, 0.5) is 4.79 Å². The first-order valence-electron chi connectivity index (χ1n) is 8.96. The highest BCUT2D eigenvalue weighted by Crippen LogP contribution is 2.40. The smallest absolute Gasteiger partial charge is 0.319 e. The van der Waals surface area contributed by atoms with Crippen molar-refractivity contribution in [3.8, 4) is 11.5 Å². The van der Waals surface area contributed by atoms with Crippen LogP contribution in [0.1, 0.15) is 43.5 Å². The van der Waals surface area contributed by atoms with Crippen molar-refractivity contribution in [3.05, 3.63) is 23.8 Å². The van der Waals surface area contributed by atoms with Crippen LogP contribution in [0.15, 0.2) is 18.2 Å². The second-order valence-electron chi connectivity index (χ2n) is 6.69. The van der Waals surface area contributed by atoms with Crippen molar-refractivity contribution < 1.29 is 19.1 Å². The molecule has 1 spiro atoms. The third kappa shape index (κ3) is 3.30.